The standard InChI is InChI=1S/C18H19N3/c1-11-9-13-7-8-14(10-15(13)12(2)19-11)18-20-16-5-3-4-6-17(16)21-18/h3-6,9,14H,7-8,10H2,1-2H3,(H,20,21)/t14-/m1/s1. The van der Waals surface area contributed by atoms with Gasteiger partial charge in [-0.05, 0) is 62.4 Å². The van der Waals surface area contributed by atoms with Gasteiger partial charge in [-0.3, -0.25) is 4.98 Å². The minimum atomic E-state index is 0.480. The highest BCUT2D eigenvalue weighted by Crippen LogP contribution is 2.33. The molecule has 0 spiro atoms. The molecule has 0 fully saturated rings. The van der Waals surface area contributed by atoms with Gasteiger partial charge in [-0.1, -0.05) is 12.1 Å². The predicted molar refractivity (Wildman–Crippen MR) is 84.6 cm³/mol. The second-order valence-corrected chi connectivity index (χ2v) is 6.07. The Labute approximate surface area is 124 Å². The third-order valence-electron chi connectivity index (χ3n) is 4.56. The number of benzene rings is 1. The number of H-pyrrole nitrogens is 1. The number of aryl methyl sites for hydroxylation is 3. The van der Waals surface area contributed by atoms with E-state index in [2.05, 4.69) is 48.1 Å². The first kappa shape index (κ1) is 12.6. The molecule has 1 atom stereocenters. The number of hydrogen-bond donors (Lipinski definition) is 1. The predicted octanol–water partition coefficient (Wildman–Crippen LogP) is 3.85. The van der Waals surface area contributed by atoms with Gasteiger partial charge in [0.05, 0.1) is 11.0 Å². The van der Waals surface area contributed by atoms with Gasteiger partial charge in [0.15, 0.2) is 0 Å². The van der Waals surface area contributed by atoms with Gasteiger partial charge >= 0.3 is 0 Å². The van der Waals surface area contributed by atoms with Crippen LogP contribution in [0.15, 0.2) is 30.3 Å². The molecule has 1 aliphatic rings. The van der Waals surface area contributed by atoms with E-state index in [1.54, 1.807) is 0 Å². The fourth-order valence-electron chi connectivity index (χ4n) is 3.52. The number of rotatable bonds is 1. The number of para-hydroxylation sites is 2. The van der Waals surface area contributed by atoms with Crippen LogP contribution in [0.1, 0.15) is 40.7 Å². The van der Waals surface area contributed by atoms with Crippen LogP contribution in [0.2, 0.25) is 0 Å². The van der Waals surface area contributed by atoms with Crippen molar-refractivity contribution in [3.8, 4) is 0 Å². The average molecular weight is 277 g/mol. The van der Waals surface area contributed by atoms with Gasteiger partial charge in [-0.15, -0.1) is 0 Å². The number of nitrogens with one attached hydrogen (secondary N) is 1. The Morgan fingerprint density at radius 2 is 2.00 bits per heavy atom. The summed E-state index contributed by atoms with van der Waals surface area (Å²) in [5.41, 5.74) is 7.43. The number of nitrogens with zero attached hydrogens (tertiary/aromatic N) is 2. The number of imidazole rings is 1. The molecule has 0 amide bonds. The summed E-state index contributed by atoms with van der Waals surface area (Å²) >= 11 is 0. The van der Waals surface area contributed by atoms with Crippen molar-refractivity contribution in [2.75, 3.05) is 0 Å². The molecule has 106 valence electrons. The summed E-state index contributed by atoms with van der Waals surface area (Å²) in [6.45, 7) is 4.21. The maximum absolute atomic E-state index is 4.78. The number of aromatic amines is 1. The molecule has 3 nitrogen and oxygen atoms in total. The molecule has 0 bridgehead atoms. The Morgan fingerprint density at radius 3 is 2.86 bits per heavy atom. The number of pyridine rings is 1. The SMILES string of the molecule is Cc1cc2c(c(C)n1)C[C@H](c1nc3ccccc3[nH]1)CC2. The van der Waals surface area contributed by atoms with Gasteiger partial charge in [0.2, 0.25) is 0 Å². The highest BCUT2D eigenvalue weighted by Gasteiger charge is 2.24. The van der Waals surface area contributed by atoms with Crippen molar-refractivity contribution in [3.05, 3.63) is 58.7 Å². The lowest BCUT2D eigenvalue weighted by Crippen LogP contribution is -2.16. The first-order chi connectivity index (χ1) is 10.2. The lowest BCUT2D eigenvalue weighted by atomic mass is 9.82. The van der Waals surface area contributed by atoms with E-state index < -0.39 is 0 Å². The van der Waals surface area contributed by atoms with E-state index >= 15 is 0 Å². The van der Waals surface area contributed by atoms with Gasteiger partial charge < -0.3 is 4.98 Å². The largest absolute Gasteiger partial charge is 0.342 e. The van der Waals surface area contributed by atoms with Crippen molar-refractivity contribution < 1.29 is 0 Å². The number of fused-ring (bicyclic) bond motifs is 2. The molecule has 1 aliphatic carbocycles. The van der Waals surface area contributed by atoms with Crippen molar-refractivity contribution in [1.82, 2.24) is 15.0 Å². The second kappa shape index (κ2) is 4.69. The van der Waals surface area contributed by atoms with Crippen LogP contribution in [-0.4, -0.2) is 15.0 Å². The summed E-state index contributed by atoms with van der Waals surface area (Å²) in [5, 5.41) is 0. The molecule has 1 N–H and O–H groups in total. The van der Waals surface area contributed by atoms with Gasteiger partial charge in [0.1, 0.15) is 5.82 Å². The van der Waals surface area contributed by atoms with E-state index in [1.807, 2.05) is 6.07 Å². The lowest BCUT2D eigenvalue weighted by molar-refractivity contribution is 0.556. The smallest absolute Gasteiger partial charge is 0.110 e. The monoisotopic (exact) mass is 277 g/mol. The molecule has 3 aromatic rings. The average Bonchev–Trinajstić information content (AvgIpc) is 2.90. The maximum Gasteiger partial charge on any atom is 0.110 e. The molecule has 4 rings (SSSR count). The number of hydrogen-bond acceptors (Lipinski definition) is 2. The van der Waals surface area contributed by atoms with Crippen LogP contribution in [0.3, 0.4) is 0 Å². The molecule has 0 aliphatic heterocycles. The summed E-state index contributed by atoms with van der Waals surface area (Å²) in [6.07, 6.45) is 3.34. The summed E-state index contributed by atoms with van der Waals surface area (Å²) in [6, 6.07) is 10.5. The van der Waals surface area contributed by atoms with Crippen molar-refractivity contribution in [3.63, 3.8) is 0 Å². The van der Waals surface area contributed by atoms with E-state index in [0.717, 1.165) is 41.8 Å². The van der Waals surface area contributed by atoms with Gasteiger partial charge in [0.25, 0.3) is 0 Å². The topological polar surface area (TPSA) is 41.6 Å². The molecule has 21 heavy (non-hydrogen) atoms. The fourth-order valence-corrected chi connectivity index (χ4v) is 3.52. The highest BCUT2D eigenvalue weighted by atomic mass is 14.9. The highest BCUT2D eigenvalue weighted by molar-refractivity contribution is 5.74. The normalized spacial score (nSPS) is 17.9. The van der Waals surface area contributed by atoms with E-state index in [9.17, 15) is 0 Å². The number of aromatic nitrogens is 3. The molecule has 0 saturated carbocycles. The van der Waals surface area contributed by atoms with Crippen molar-refractivity contribution in [2.24, 2.45) is 0 Å². The van der Waals surface area contributed by atoms with Crippen molar-refractivity contribution in [1.29, 1.82) is 0 Å². The second-order valence-electron chi connectivity index (χ2n) is 6.07. The summed E-state index contributed by atoms with van der Waals surface area (Å²) in [7, 11) is 0. The summed E-state index contributed by atoms with van der Waals surface area (Å²) in [4.78, 5) is 12.9. The Balaban J connectivity index is 1.71. The zero-order valence-electron chi connectivity index (χ0n) is 12.5. The van der Waals surface area contributed by atoms with Crippen LogP contribution < -0.4 is 0 Å². The molecular weight excluding hydrogens is 258 g/mol. The fraction of sp³-hybridized carbons (Fsp3) is 0.333. The molecule has 0 radical (unpaired) electrons. The van der Waals surface area contributed by atoms with Crippen LogP contribution in [0.4, 0.5) is 0 Å². The Bertz CT molecular complexity index is 783. The van der Waals surface area contributed by atoms with Crippen LogP contribution in [0.25, 0.3) is 11.0 Å². The molecule has 2 heterocycles. The molecular formula is C18H19N3. The van der Waals surface area contributed by atoms with Crippen LogP contribution in [0, 0.1) is 13.8 Å². The van der Waals surface area contributed by atoms with Crippen molar-refractivity contribution >= 4 is 11.0 Å². The summed E-state index contributed by atoms with van der Waals surface area (Å²) in [5.74, 6) is 1.61. The first-order valence-corrected chi connectivity index (χ1v) is 7.61. The molecule has 2 aromatic heterocycles. The van der Waals surface area contributed by atoms with E-state index in [0.29, 0.717) is 5.92 Å². The van der Waals surface area contributed by atoms with E-state index in [1.165, 1.54) is 16.8 Å². The third-order valence-corrected chi connectivity index (χ3v) is 4.56. The van der Waals surface area contributed by atoms with Gasteiger partial charge in [-0.25, -0.2) is 4.98 Å². The first-order valence-electron chi connectivity index (χ1n) is 7.61. The lowest BCUT2D eigenvalue weighted by Gasteiger charge is -2.24. The zero-order valence-corrected chi connectivity index (χ0v) is 12.5. The Kier molecular flexibility index (Phi) is 2.81. The van der Waals surface area contributed by atoms with Crippen LogP contribution >= 0.6 is 0 Å². The van der Waals surface area contributed by atoms with Crippen molar-refractivity contribution in [2.45, 2.75) is 39.0 Å². The zero-order chi connectivity index (χ0) is 14.4. The van der Waals surface area contributed by atoms with Crippen LogP contribution in [0.5, 0.6) is 0 Å². The van der Waals surface area contributed by atoms with E-state index in [-0.39, 0.29) is 0 Å². The molecule has 0 unspecified atom stereocenters. The molecule has 0 saturated heterocycles. The van der Waals surface area contributed by atoms with Gasteiger partial charge in [0, 0.05) is 17.3 Å². The molecule has 1 aromatic carbocycles. The van der Waals surface area contributed by atoms with Gasteiger partial charge in [-0.2, -0.15) is 0 Å². The van der Waals surface area contributed by atoms with Crippen LogP contribution in [-0.2, 0) is 12.8 Å². The molecule has 3 heteroatoms. The Morgan fingerprint density at radius 1 is 1.14 bits per heavy atom. The summed E-state index contributed by atoms with van der Waals surface area (Å²) < 4.78 is 0. The van der Waals surface area contributed by atoms with E-state index in [4.69, 9.17) is 4.98 Å². The quantitative estimate of drug-likeness (QED) is 0.734. The Hall–Kier alpha value is -2.16. The minimum Gasteiger partial charge on any atom is -0.342 e. The minimum absolute atomic E-state index is 0.480. The third kappa shape index (κ3) is 2.13. The maximum atomic E-state index is 4.78.